The maximum absolute atomic E-state index is 9.22. The third kappa shape index (κ3) is 7.99. The van der Waals surface area contributed by atoms with Gasteiger partial charge in [0.15, 0.2) is 5.96 Å². The number of halogens is 1. The van der Waals surface area contributed by atoms with E-state index in [1.807, 2.05) is 0 Å². The average Bonchev–Trinajstić information content (AvgIpc) is 2.74. The van der Waals surface area contributed by atoms with Gasteiger partial charge in [0.2, 0.25) is 0 Å². The van der Waals surface area contributed by atoms with Crippen molar-refractivity contribution in [3.63, 3.8) is 0 Å². The number of hydrogen-bond donors (Lipinski definition) is 2. The summed E-state index contributed by atoms with van der Waals surface area (Å²) in [6, 6.07) is 0. The number of hydrogen-bond acceptors (Lipinski definition) is 2. The van der Waals surface area contributed by atoms with Gasteiger partial charge in [-0.15, -0.1) is 24.0 Å². The quantitative estimate of drug-likeness (QED) is 0.374. The number of likely N-dealkylation sites (tertiary alicyclic amines) is 1. The Bertz CT molecular complexity index is 332. The summed E-state index contributed by atoms with van der Waals surface area (Å²) in [7, 11) is 0. The molecule has 0 amide bonds. The molecule has 0 aromatic rings. The molecule has 1 heterocycles. The van der Waals surface area contributed by atoms with E-state index in [4.69, 9.17) is 4.99 Å². The normalized spacial score (nSPS) is 19.2. The first-order valence-electron chi connectivity index (χ1n) is 8.52. The first kappa shape index (κ1) is 22.0. The smallest absolute Gasteiger partial charge is 0.193 e. The van der Waals surface area contributed by atoms with Gasteiger partial charge >= 0.3 is 0 Å². The molecule has 1 aliphatic rings. The summed E-state index contributed by atoms with van der Waals surface area (Å²) in [6.07, 6.45) is 3.21. The summed E-state index contributed by atoms with van der Waals surface area (Å²) in [4.78, 5) is 7.24. The molecule has 0 aromatic carbocycles. The number of aliphatic hydroxyl groups excluding tert-OH is 1. The van der Waals surface area contributed by atoms with E-state index < -0.39 is 0 Å². The van der Waals surface area contributed by atoms with Crippen molar-refractivity contribution in [2.45, 2.75) is 53.9 Å². The fourth-order valence-corrected chi connectivity index (χ4v) is 3.07. The maximum atomic E-state index is 9.22. The van der Waals surface area contributed by atoms with Crippen LogP contribution in [0.25, 0.3) is 0 Å². The van der Waals surface area contributed by atoms with E-state index in [1.165, 1.54) is 6.42 Å². The van der Waals surface area contributed by atoms with Crippen LogP contribution in [0, 0.1) is 17.3 Å². The maximum Gasteiger partial charge on any atom is 0.193 e. The van der Waals surface area contributed by atoms with Crippen LogP contribution in [0.5, 0.6) is 0 Å². The van der Waals surface area contributed by atoms with Crippen LogP contribution in [0.1, 0.15) is 53.9 Å². The highest BCUT2D eigenvalue weighted by Crippen LogP contribution is 2.28. The van der Waals surface area contributed by atoms with Crippen molar-refractivity contribution in [2.24, 2.45) is 22.2 Å². The van der Waals surface area contributed by atoms with Crippen LogP contribution in [0.15, 0.2) is 4.99 Å². The van der Waals surface area contributed by atoms with E-state index in [-0.39, 0.29) is 30.6 Å². The van der Waals surface area contributed by atoms with Crippen molar-refractivity contribution in [1.82, 2.24) is 10.2 Å². The van der Waals surface area contributed by atoms with Gasteiger partial charge in [-0.05, 0) is 43.4 Å². The van der Waals surface area contributed by atoms with Crippen LogP contribution in [0.2, 0.25) is 0 Å². The lowest BCUT2D eigenvalue weighted by molar-refractivity contribution is 0.245. The first-order chi connectivity index (χ1) is 9.88. The van der Waals surface area contributed by atoms with Gasteiger partial charge in [-0.3, -0.25) is 4.99 Å². The zero-order chi connectivity index (χ0) is 15.9. The molecular formula is C17H36IN3O. The molecule has 5 heteroatoms. The number of aliphatic hydroxyl groups is 1. The second-order valence-electron chi connectivity index (χ2n) is 7.54. The fourth-order valence-electron chi connectivity index (χ4n) is 3.07. The highest BCUT2D eigenvalue weighted by molar-refractivity contribution is 14.0. The molecule has 1 unspecified atom stereocenters. The molecule has 0 saturated carbocycles. The van der Waals surface area contributed by atoms with Gasteiger partial charge in [-0.25, -0.2) is 0 Å². The average molecular weight is 425 g/mol. The summed E-state index contributed by atoms with van der Waals surface area (Å²) in [5.74, 6) is 2.19. The Morgan fingerprint density at radius 3 is 2.50 bits per heavy atom. The van der Waals surface area contributed by atoms with E-state index in [1.54, 1.807) is 0 Å². The molecule has 1 rings (SSSR count). The van der Waals surface area contributed by atoms with Crippen LogP contribution < -0.4 is 5.32 Å². The molecule has 0 aliphatic carbocycles. The summed E-state index contributed by atoms with van der Waals surface area (Å²) in [6.45, 7) is 15.4. The number of guanidine groups is 1. The predicted molar refractivity (Wildman–Crippen MR) is 106 cm³/mol. The molecule has 1 fully saturated rings. The van der Waals surface area contributed by atoms with Gasteiger partial charge in [-0.1, -0.05) is 27.7 Å². The highest BCUT2D eigenvalue weighted by Gasteiger charge is 2.30. The predicted octanol–water partition coefficient (Wildman–Crippen LogP) is 3.35. The molecule has 1 aliphatic heterocycles. The Hall–Kier alpha value is -0.0400. The van der Waals surface area contributed by atoms with Crippen molar-refractivity contribution >= 4 is 29.9 Å². The molecule has 132 valence electrons. The lowest BCUT2D eigenvalue weighted by Crippen LogP contribution is -2.41. The van der Waals surface area contributed by atoms with Gasteiger partial charge in [0, 0.05) is 32.8 Å². The zero-order valence-electron chi connectivity index (χ0n) is 15.1. The first-order valence-corrected chi connectivity index (χ1v) is 8.52. The monoisotopic (exact) mass is 425 g/mol. The lowest BCUT2D eigenvalue weighted by Gasteiger charge is -2.24. The highest BCUT2D eigenvalue weighted by atomic mass is 127. The van der Waals surface area contributed by atoms with E-state index in [0.717, 1.165) is 45.0 Å². The second kappa shape index (κ2) is 10.7. The third-order valence-corrected chi connectivity index (χ3v) is 4.15. The van der Waals surface area contributed by atoms with Gasteiger partial charge in [0.25, 0.3) is 0 Å². The number of rotatable bonds is 7. The summed E-state index contributed by atoms with van der Waals surface area (Å²) in [5, 5.41) is 12.7. The van der Waals surface area contributed by atoms with Crippen molar-refractivity contribution in [3.8, 4) is 0 Å². The minimum Gasteiger partial charge on any atom is -0.396 e. The fraction of sp³-hybridized carbons (Fsp3) is 0.941. The largest absolute Gasteiger partial charge is 0.396 e. The number of nitrogens with one attached hydrogen (secondary N) is 1. The van der Waals surface area contributed by atoms with Gasteiger partial charge in [0.05, 0.1) is 0 Å². The van der Waals surface area contributed by atoms with Crippen molar-refractivity contribution in [3.05, 3.63) is 0 Å². The minimum atomic E-state index is 0. The van der Waals surface area contributed by atoms with Crippen LogP contribution in [0.4, 0.5) is 0 Å². The van der Waals surface area contributed by atoms with Crippen LogP contribution in [0.3, 0.4) is 0 Å². The molecule has 22 heavy (non-hydrogen) atoms. The third-order valence-electron chi connectivity index (χ3n) is 4.15. The molecular weight excluding hydrogens is 389 g/mol. The topological polar surface area (TPSA) is 47.9 Å². The van der Waals surface area contributed by atoms with E-state index in [0.29, 0.717) is 17.3 Å². The van der Waals surface area contributed by atoms with E-state index in [9.17, 15) is 5.11 Å². The molecule has 1 saturated heterocycles. The summed E-state index contributed by atoms with van der Waals surface area (Å²) < 4.78 is 0. The molecule has 2 N–H and O–H groups in total. The minimum absolute atomic E-state index is 0. The zero-order valence-corrected chi connectivity index (χ0v) is 17.4. The molecule has 0 bridgehead atoms. The van der Waals surface area contributed by atoms with Crippen LogP contribution in [-0.4, -0.2) is 48.8 Å². The summed E-state index contributed by atoms with van der Waals surface area (Å²) in [5.41, 5.74) is 0.388. The van der Waals surface area contributed by atoms with Gasteiger partial charge in [0.1, 0.15) is 0 Å². The summed E-state index contributed by atoms with van der Waals surface area (Å²) >= 11 is 0. The van der Waals surface area contributed by atoms with Crippen LogP contribution >= 0.6 is 24.0 Å². The Kier molecular flexibility index (Phi) is 10.7. The number of aliphatic imine (C=N–C) groups is 1. The standard InChI is InChI=1S/C17H35N3O.HI/c1-6-18-16(20-9-8-17(4,5)13-20)19-12-15(7-10-21)11-14(2)3;/h14-15,21H,6-13H2,1-5H3,(H,18,19);1H. The molecule has 1 atom stereocenters. The SMILES string of the molecule is CCNC(=NCC(CCO)CC(C)C)N1CCC(C)(C)C1.I. The lowest BCUT2D eigenvalue weighted by atomic mass is 9.93. The van der Waals surface area contributed by atoms with Gasteiger partial charge in [-0.2, -0.15) is 0 Å². The van der Waals surface area contributed by atoms with Gasteiger partial charge < -0.3 is 15.3 Å². The van der Waals surface area contributed by atoms with Crippen molar-refractivity contribution < 1.29 is 5.11 Å². The van der Waals surface area contributed by atoms with Crippen molar-refractivity contribution in [2.75, 3.05) is 32.8 Å². The Morgan fingerprint density at radius 1 is 1.36 bits per heavy atom. The Balaban J connectivity index is 0.00000441. The molecule has 4 nitrogen and oxygen atoms in total. The Labute approximate surface area is 154 Å². The Morgan fingerprint density at radius 2 is 2.05 bits per heavy atom. The molecule has 0 aromatic heterocycles. The van der Waals surface area contributed by atoms with Crippen molar-refractivity contribution in [1.29, 1.82) is 0 Å². The van der Waals surface area contributed by atoms with Crippen LogP contribution in [-0.2, 0) is 0 Å². The van der Waals surface area contributed by atoms with E-state index >= 15 is 0 Å². The van der Waals surface area contributed by atoms with E-state index in [2.05, 4.69) is 44.8 Å². The number of nitrogens with zero attached hydrogens (tertiary/aromatic N) is 2. The molecule has 0 spiro atoms. The second-order valence-corrected chi connectivity index (χ2v) is 7.54. The molecule has 0 radical (unpaired) electrons.